The van der Waals surface area contributed by atoms with Crippen molar-refractivity contribution < 1.29 is 13.9 Å². The molecule has 2 nitrogen and oxygen atoms in total. The lowest BCUT2D eigenvalue weighted by atomic mass is 9.93. The Hall–Kier alpha value is -1.00. The van der Waals surface area contributed by atoms with Crippen LogP contribution < -0.4 is 0 Å². The van der Waals surface area contributed by atoms with Crippen molar-refractivity contribution in [3.8, 4) is 0 Å². The zero-order valence-corrected chi connectivity index (χ0v) is 9.92. The summed E-state index contributed by atoms with van der Waals surface area (Å²) in [7, 11) is 0. The number of likely N-dealkylation sites (tertiary alicyclic amines) is 1. The van der Waals surface area contributed by atoms with Crippen molar-refractivity contribution in [1.29, 1.82) is 0 Å². The highest BCUT2D eigenvalue weighted by atomic mass is 19.2. The molecule has 0 saturated carbocycles. The number of piperidine rings is 1. The molecule has 4 heteroatoms. The summed E-state index contributed by atoms with van der Waals surface area (Å²) in [6, 6.07) is 4.00. The van der Waals surface area contributed by atoms with E-state index >= 15 is 0 Å². The number of rotatable bonds is 2. The van der Waals surface area contributed by atoms with E-state index in [1.54, 1.807) is 6.07 Å². The van der Waals surface area contributed by atoms with Crippen molar-refractivity contribution in [1.82, 2.24) is 4.90 Å². The molecule has 1 fully saturated rings. The lowest BCUT2D eigenvalue weighted by molar-refractivity contribution is -0.00732. The summed E-state index contributed by atoms with van der Waals surface area (Å²) >= 11 is 0. The van der Waals surface area contributed by atoms with Crippen LogP contribution in [0.2, 0.25) is 0 Å². The molecule has 1 N–H and O–H groups in total. The first-order chi connectivity index (χ1) is 7.96. The van der Waals surface area contributed by atoms with Crippen LogP contribution in [0, 0.1) is 11.6 Å². The minimum Gasteiger partial charge on any atom is -0.390 e. The normalized spacial score (nSPS) is 20.5. The minimum absolute atomic E-state index is 0.579. The molecule has 0 unspecified atom stereocenters. The summed E-state index contributed by atoms with van der Waals surface area (Å²) in [6.07, 6.45) is 1.44. The minimum atomic E-state index is -0.810. The van der Waals surface area contributed by atoms with Crippen LogP contribution in [0.5, 0.6) is 0 Å². The quantitative estimate of drug-likeness (QED) is 0.859. The molecule has 17 heavy (non-hydrogen) atoms. The Bertz CT molecular complexity index is 396. The number of nitrogens with zero attached hydrogens (tertiary/aromatic N) is 1. The Kier molecular flexibility index (Phi) is 3.45. The Morgan fingerprint density at radius 3 is 2.47 bits per heavy atom. The molecule has 0 aromatic heterocycles. The molecule has 1 saturated heterocycles. The number of aliphatic hydroxyl groups is 1. The van der Waals surface area contributed by atoms with Gasteiger partial charge in [-0.1, -0.05) is 6.07 Å². The van der Waals surface area contributed by atoms with Crippen LogP contribution in [0.1, 0.15) is 25.3 Å². The van der Waals surface area contributed by atoms with Crippen molar-refractivity contribution in [2.75, 3.05) is 13.1 Å². The summed E-state index contributed by atoms with van der Waals surface area (Å²) in [5.41, 5.74) is 0.190. The van der Waals surface area contributed by atoms with E-state index in [2.05, 4.69) is 4.90 Å². The van der Waals surface area contributed by atoms with Gasteiger partial charge in [-0.05, 0) is 37.5 Å². The number of hydrogen-bond acceptors (Lipinski definition) is 2. The predicted molar refractivity (Wildman–Crippen MR) is 61.5 cm³/mol. The first kappa shape index (κ1) is 12.5. The second kappa shape index (κ2) is 4.70. The molecular formula is C13H17F2NO. The van der Waals surface area contributed by atoms with Gasteiger partial charge in [-0.3, -0.25) is 4.90 Å². The third-order valence-electron chi connectivity index (χ3n) is 3.32. The lowest BCUT2D eigenvalue weighted by Gasteiger charge is -2.35. The van der Waals surface area contributed by atoms with Gasteiger partial charge in [0.25, 0.3) is 0 Å². The fourth-order valence-electron chi connectivity index (χ4n) is 2.09. The Balaban J connectivity index is 1.95. The average molecular weight is 241 g/mol. The molecule has 1 aliphatic rings. The number of halogens is 2. The molecule has 0 amide bonds. The van der Waals surface area contributed by atoms with Crippen molar-refractivity contribution >= 4 is 0 Å². The van der Waals surface area contributed by atoms with Gasteiger partial charge in [0.05, 0.1) is 5.60 Å². The highest BCUT2D eigenvalue weighted by Crippen LogP contribution is 2.22. The summed E-state index contributed by atoms with van der Waals surface area (Å²) in [6.45, 7) is 4.01. The van der Waals surface area contributed by atoms with E-state index in [9.17, 15) is 13.9 Å². The zero-order chi connectivity index (χ0) is 12.5. The number of hydrogen-bond donors (Lipinski definition) is 1. The Morgan fingerprint density at radius 2 is 1.88 bits per heavy atom. The predicted octanol–water partition coefficient (Wildman–Crippen LogP) is 2.31. The van der Waals surface area contributed by atoms with Crippen LogP contribution in [-0.4, -0.2) is 28.7 Å². The maximum atomic E-state index is 13.0. The van der Waals surface area contributed by atoms with Crippen LogP contribution in [0.3, 0.4) is 0 Å². The van der Waals surface area contributed by atoms with Gasteiger partial charge >= 0.3 is 0 Å². The van der Waals surface area contributed by atoms with Crippen molar-refractivity contribution in [2.45, 2.75) is 31.9 Å². The van der Waals surface area contributed by atoms with Gasteiger partial charge < -0.3 is 5.11 Å². The van der Waals surface area contributed by atoms with Crippen molar-refractivity contribution in [3.63, 3.8) is 0 Å². The molecule has 0 radical (unpaired) electrons. The summed E-state index contributed by atoms with van der Waals surface area (Å²) < 4.78 is 25.8. The van der Waals surface area contributed by atoms with Crippen LogP contribution in [0.25, 0.3) is 0 Å². The van der Waals surface area contributed by atoms with Crippen LogP contribution in [-0.2, 0) is 6.54 Å². The van der Waals surface area contributed by atoms with Gasteiger partial charge in [0.1, 0.15) is 0 Å². The van der Waals surface area contributed by atoms with Crippen LogP contribution >= 0.6 is 0 Å². The SMILES string of the molecule is CC1(O)CCN(Cc2ccc(F)c(F)c2)CC1. The Morgan fingerprint density at radius 1 is 1.24 bits per heavy atom. The molecule has 1 aromatic carbocycles. The third kappa shape index (κ3) is 3.23. The molecule has 94 valence electrons. The molecular weight excluding hydrogens is 224 g/mol. The fraction of sp³-hybridized carbons (Fsp3) is 0.538. The van der Waals surface area contributed by atoms with Gasteiger partial charge in [-0.2, -0.15) is 0 Å². The molecule has 1 aromatic rings. The average Bonchev–Trinajstić information content (AvgIpc) is 2.27. The molecule has 1 heterocycles. The fourth-order valence-corrected chi connectivity index (χ4v) is 2.09. The monoisotopic (exact) mass is 241 g/mol. The smallest absolute Gasteiger partial charge is 0.159 e. The Labute approximate surface area is 99.9 Å². The summed E-state index contributed by atoms with van der Waals surface area (Å²) in [4.78, 5) is 2.14. The molecule has 0 spiro atoms. The molecule has 0 aliphatic carbocycles. The second-order valence-electron chi connectivity index (χ2n) is 5.02. The summed E-state index contributed by atoms with van der Waals surface area (Å²) in [5.74, 6) is -1.61. The molecule has 0 atom stereocenters. The van der Waals surface area contributed by atoms with Gasteiger partial charge in [0, 0.05) is 19.6 Å². The van der Waals surface area contributed by atoms with Gasteiger partial charge in [0.2, 0.25) is 0 Å². The van der Waals surface area contributed by atoms with Crippen LogP contribution in [0.15, 0.2) is 18.2 Å². The first-order valence-electron chi connectivity index (χ1n) is 5.85. The van der Waals surface area contributed by atoms with E-state index in [1.807, 2.05) is 6.92 Å². The standard InChI is InChI=1S/C13H17F2NO/c1-13(17)4-6-16(7-5-13)9-10-2-3-11(14)12(15)8-10/h2-3,8,17H,4-7,9H2,1H3. The lowest BCUT2D eigenvalue weighted by Crippen LogP contribution is -2.41. The molecule has 2 rings (SSSR count). The van der Waals surface area contributed by atoms with Gasteiger partial charge in [-0.25, -0.2) is 8.78 Å². The highest BCUT2D eigenvalue weighted by Gasteiger charge is 2.27. The summed E-state index contributed by atoms with van der Waals surface area (Å²) in [5, 5.41) is 9.80. The van der Waals surface area contributed by atoms with E-state index < -0.39 is 17.2 Å². The zero-order valence-electron chi connectivity index (χ0n) is 9.92. The number of benzene rings is 1. The molecule has 0 bridgehead atoms. The van der Waals surface area contributed by atoms with E-state index in [4.69, 9.17) is 0 Å². The van der Waals surface area contributed by atoms with Gasteiger partial charge in [-0.15, -0.1) is 0 Å². The van der Waals surface area contributed by atoms with Crippen molar-refractivity contribution in [3.05, 3.63) is 35.4 Å². The van der Waals surface area contributed by atoms with E-state index in [0.717, 1.165) is 37.6 Å². The van der Waals surface area contributed by atoms with E-state index in [-0.39, 0.29) is 0 Å². The third-order valence-corrected chi connectivity index (χ3v) is 3.32. The highest BCUT2D eigenvalue weighted by molar-refractivity contribution is 5.17. The maximum absolute atomic E-state index is 13.0. The van der Waals surface area contributed by atoms with E-state index in [0.29, 0.717) is 6.54 Å². The second-order valence-corrected chi connectivity index (χ2v) is 5.02. The van der Waals surface area contributed by atoms with Gasteiger partial charge in [0.15, 0.2) is 11.6 Å². The molecule has 1 aliphatic heterocycles. The van der Waals surface area contributed by atoms with Crippen molar-refractivity contribution in [2.24, 2.45) is 0 Å². The topological polar surface area (TPSA) is 23.5 Å². The van der Waals surface area contributed by atoms with Crippen LogP contribution in [0.4, 0.5) is 8.78 Å². The maximum Gasteiger partial charge on any atom is 0.159 e. The van der Waals surface area contributed by atoms with E-state index in [1.165, 1.54) is 6.07 Å². The first-order valence-corrected chi connectivity index (χ1v) is 5.85. The largest absolute Gasteiger partial charge is 0.390 e.